The van der Waals surface area contributed by atoms with E-state index in [0.717, 1.165) is 47.8 Å². The highest BCUT2D eigenvalue weighted by atomic mass is 79.9. The Bertz CT molecular complexity index is 741. The number of morpholine rings is 1. The third-order valence-corrected chi connectivity index (χ3v) is 4.70. The van der Waals surface area contributed by atoms with Crippen molar-refractivity contribution in [2.45, 2.75) is 0 Å². The van der Waals surface area contributed by atoms with Crippen LogP contribution in [-0.2, 0) is 4.74 Å². The molecular weight excluding hydrogens is 384 g/mol. The van der Waals surface area contributed by atoms with Gasteiger partial charge in [-0.1, -0.05) is 0 Å². The van der Waals surface area contributed by atoms with E-state index in [-0.39, 0.29) is 0 Å². The number of benzene rings is 2. The molecule has 132 valence electrons. The van der Waals surface area contributed by atoms with Crippen LogP contribution in [0.3, 0.4) is 0 Å². The summed E-state index contributed by atoms with van der Waals surface area (Å²) >= 11 is 3.49. The highest BCUT2D eigenvalue weighted by Crippen LogP contribution is 2.32. The minimum atomic E-state index is 0.716. The monoisotopic (exact) mass is 404 g/mol. The lowest BCUT2D eigenvalue weighted by atomic mass is 10.2. The molecule has 0 aliphatic carbocycles. The molecule has 0 radical (unpaired) electrons. The van der Waals surface area contributed by atoms with Crippen LogP contribution in [0, 0.1) is 0 Å². The van der Waals surface area contributed by atoms with Gasteiger partial charge in [-0.05, 0) is 46.3 Å². The molecule has 6 heteroatoms. The fourth-order valence-corrected chi connectivity index (χ4v) is 3.22. The van der Waals surface area contributed by atoms with Crippen LogP contribution >= 0.6 is 15.9 Å². The number of hydrogen-bond donors (Lipinski definition) is 0. The maximum absolute atomic E-state index is 5.42. The van der Waals surface area contributed by atoms with Gasteiger partial charge in [0.15, 0.2) is 0 Å². The van der Waals surface area contributed by atoms with Gasteiger partial charge in [0.05, 0.1) is 37.6 Å². The zero-order valence-corrected chi connectivity index (χ0v) is 16.0. The molecule has 0 amide bonds. The third kappa shape index (κ3) is 4.32. The molecule has 0 atom stereocenters. The molecule has 0 N–H and O–H groups in total. The van der Waals surface area contributed by atoms with Gasteiger partial charge in [-0.3, -0.25) is 4.99 Å². The molecule has 0 aromatic heterocycles. The number of rotatable bonds is 5. The predicted octanol–water partition coefficient (Wildman–Crippen LogP) is 4.05. The van der Waals surface area contributed by atoms with Gasteiger partial charge in [0, 0.05) is 36.6 Å². The van der Waals surface area contributed by atoms with Crippen LogP contribution in [-0.4, -0.2) is 46.7 Å². The quantitative estimate of drug-likeness (QED) is 0.704. The van der Waals surface area contributed by atoms with Crippen molar-refractivity contribution >= 4 is 33.5 Å². The Morgan fingerprint density at radius 1 is 1.04 bits per heavy atom. The van der Waals surface area contributed by atoms with E-state index >= 15 is 0 Å². The second kappa shape index (κ2) is 8.36. The van der Waals surface area contributed by atoms with Crippen molar-refractivity contribution in [3.05, 3.63) is 46.4 Å². The summed E-state index contributed by atoms with van der Waals surface area (Å²) in [5.41, 5.74) is 2.98. The van der Waals surface area contributed by atoms with E-state index in [9.17, 15) is 0 Å². The number of aliphatic imine (C=N–C) groups is 1. The van der Waals surface area contributed by atoms with Crippen molar-refractivity contribution in [1.82, 2.24) is 0 Å². The Morgan fingerprint density at radius 2 is 1.72 bits per heavy atom. The molecule has 0 unspecified atom stereocenters. The number of halogens is 1. The summed E-state index contributed by atoms with van der Waals surface area (Å²) in [5, 5.41) is 0. The van der Waals surface area contributed by atoms with Crippen LogP contribution in [0.5, 0.6) is 11.5 Å². The van der Waals surface area contributed by atoms with E-state index in [1.165, 1.54) is 5.69 Å². The molecule has 25 heavy (non-hydrogen) atoms. The second-order valence-electron chi connectivity index (χ2n) is 5.60. The number of nitrogens with zero attached hydrogens (tertiary/aromatic N) is 2. The molecule has 3 rings (SSSR count). The van der Waals surface area contributed by atoms with Crippen molar-refractivity contribution < 1.29 is 14.2 Å². The summed E-state index contributed by atoms with van der Waals surface area (Å²) in [5.74, 6) is 1.44. The minimum Gasteiger partial charge on any atom is -0.496 e. The molecule has 2 aromatic rings. The molecule has 0 saturated carbocycles. The van der Waals surface area contributed by atoms with E-state index in [1.807, 2.05) is 24.3 Å². The van der Waals surface area contributed by atoms with E-state index in [4.69, 9.17) is 14.2 Å². The first-order valence-corrected chi connectivity index (χ1v) is 8.89. The van der Waals surface area contributed by atoms with Crippen molar-refractivity contribution in [3.8, 4) is 11.5 Å². The zero-order chi connectivity index (χ0) is 17.6. The number of methoxy groups -OCH3 is 2. The Balaban J connectivity index is 1.76. The second-order valence-corrected chi connectivity index (χ2v) is 6.46. The van der Waals surface area contributed by atoms with Crippen LogP contribution in [0.4, 0.5) is 11.4 Å². The number of hydrogen-bond acceptors (Lipinski definition) is 5. The van der Waals surface area contributed by atoms with Crippen molar-refractivity contribution in [3.63, 3.8) is 0 Å². The molecule has 0 bridgehead atoms. The first kappa shape index (κ1) is 17.8. The highest BCUT2D eigenvalue weighted by Gasteiger charge is 2.11. The number of anilines is 1. The summed E-state index contributed by atoms with van der Waals surface area (Å²) in [6.45, 7) is 3.43. The van der Waals surface area contributed by atoms with Crippen LogP contribution in [0.2, 0.25) is 0 Å². The zero-order valence-electron chi connectivity index (χ0n) is 14.4. The van der Waals surface area contributed by atoms with E-state index in [2.05, 4.69) is 38.0 Å². The van der Waals surface area contributed by atoms with E-state index in [1.54, 1.807) is 20.4 Å². The number of ether oxygens (including phenoxy) is 3. The maximum atomic E-state index is 5.42. The molecule has 1 aliphatic rings. The summed E-state index contributed by atoms with van der Waals surface area (Å²) in [4.78, 5) is 6.88. The molecule has 1 heterocycles. The highest BCUT2D eigenvalue weighted by molar-refractivity contribution is 9.10. The average molecular weight is 405 g/mol. The van der Waals surface area contributed by atoms with E-state index < -0.39 is 0 Å². The largest absolute Gasteiger partial charge is 0.496 e. The topological polar surface area (TPSA) is 43.3 Å². The minimum absolute atomic E-state index is 0.716. The van der Waals surface area contributed by atoms with Crippen LogP contribution in [0.25, 0.3) is 0 Å². The smallest absolute Gasteiger partial charge is 0.136 e. The van der Waals surface area contributed by atoms with Gasteiger partial charge in [-0.2, -0.15) is 0 Å². The molecule has 1 fully saturated rings. The van der Waals surface area contributed by atoms with Gasteiger partial charge in [-0.15, -0.1) is 0 Å². The Hall–Kier alpha value is -2.05. The average Bonchev–Trinajstić information content (AvgIpc) is 2.67. The first-order valence-electron chi connectivity index (χ1n) is 8.09. The lowest BCUT2D eigenvalue weighted by Crippen LogP contribution is -2.36. The predicted molar refractivity (Wildman–Crippen MR) is 104 cm³/mol. The summed E-state index contributed by atoms with van der Waals surface area (Å²) in [6, 6.07) is 12.0. The SMILES string of the molecule is COc1cc(OC)c(C=Nc2ccc(N3CCOCC3)cc2)cc1Br. The van der Waals surface area contributed by atoms with Crippen LogP contribution in [0.1, 0.15) is 5.56 Å². The molecular formula is C19H21BrN2O3. The van der Waals surface area contributed by atoms with Crippen molar-refractivity contribution in [2.24, 2.45) is 4.99 Å². The normalized spacial score (nSPS) is 14.8. The van der Waals surface area contributed by atoms with Gasteiger partial charge in [0.25, 0.3) is 0 Å². The summed E-state index contributed by atoms with van der Waals surface area (Å²) in [6.07, 6.45) is 1.80. The summed E-state index contributed by atoms with van der Waals surface area (Å²) in [7, 11) is 3.26. The molecule has 2 aromatic carbocycles. The Kier molecular flexibility index (Phi) is 5.94. The van der Waals surface area contributed by atoms with Crippen LogP contribution < -0.4 is 14.4 Å². The Labute approximate surface area is 156 Å². The van der Waals surface area contributed by atoms with Gasteiger partial charge in [0.1, 0.15) is 11.5 Å². The lowest BCUT2D eigenvalue weighted by Gasteiger charge is -2.28. The van der Waals surface area contributed by atoms with Crippen molar-refractivity contribution in [2.75, 3.05) is 45.4 Å². The van der Waals surface area contributed by atoms with Gasteiger partial charge in [-0.25, -0.2) is 0 Å². The maximum Gasteiger partial charge on any atom is 0.136 e. The van der Waals surface area contributed by atoms with Gasteiger partial charge < -0.3 is 19.1 Å². The van der Waals surface area contributed by atoms with Gasteiger partial charge >= 0.3 is 0 Å². The standard InChI is InChI=1S/C19H21BrN2O3/c1-23-18-12-19(24-2)17(20)11-14(18)13-21-15-3-5-16(6-4-15)22-7-9-25-10-8-22/h3-6,11-13H,7-10H2,1-2H3. The van der Waals surface area contributed by atoms with Crippen molar-refractivity contribution in [1.29, 1.82) is 0 Å². The van der Waals surface area contributed by atoms with Crippen LogP contribution in [0.15, 0.2) is 45.9 Å². The fraction of sp³-hybridized carbons (Fsp3) is 0.316. The summed E-state index contributed by atoms with van der Waals surface area (Å²) < 4.78 is 17.0. The fourth-order valence-electron chi connectivity index (χ4n) is 2.70. The lowest BCUT2D eigenvalue weighted by molar-refractivity contribution is 0.122. The first-order chi connectivity index (χ1) is 12.2. The van der Waals surface area contributed by atoms with Gasteiger partial charge in [0.2, 0.25) is 0 Å². The third-order valence-electron chi connectivity index (χ3n) is 4.08. The molecule has 1 aliphatic heterocycles. The Morgan fingerprint density at radius 3 is 2.36 bits per heavy atom. The molecule has 1 saturated heterocycles. The van der Waals surface area contributed by atoms with E-state index in [0.29, 0.717) is 5.75 Å². The molecule has 5 nitrogen and oxygen atoms in total. The molecule has 0 spiro atoms.